The number of hydrogen-bond donors (Lipinski definition) is 0. The van der Waals surface area contributed by atoms with E-state index in [0.29, 0.717) is 0 Å². The van der Waals surface area contributed by atoms with Crippen LogP contribution in [0.2, 0.25) is 0 Å². The normalized spacial score (nSPS) is 11.3. The maximum absolute atomic E-state index is 13.0. The summed E-state index contributed by atoms with van der Waals surface area (Å²) in [6, 6.07) is 19.6. The highest BCUT2D eigenvalue weighted by molar-refractivity contribution is 8.16. The molecule has 0 saturated heterocycles. The lowest BCUT2D eigenvalue weighted by Gasteiger charge is -2.06. The Labute approximate surface area is 158 Å². The van der Waals surface area contributed by atoms with E-state index in [-0.39, 0.29) is 0 Å². The predicted molar refractivity (Wildman–Crippen MR) is 110 cm³/mol. The molecular formula is C22H24OS2. The third-order valence-corrected chi connectivity index (χ3v) is 6.11. The van der Waals surface area contributed by atoms with Crippen LogP contribution in [0, 0.1) is 0 Å². The molecule has 0 saturated carbocycles. The molecule has 0 heterocycles. The summed E-state index contributed by atoms with van der Waals surface area (Å²) >= 11 is 1.53. The van der Waals surface area contributed by atoms with E-state index in [1.807, 2.05) is 60.7 Å². The number of benzene rings is 2. The van der Waals surface area contributed by atoms with Crippen LogP contribution in [0.5, 0.6) is 0 Å². The SMILES string of the molecule is CC(=C=C(Sc1ccccc1)S(=O)c1ccccc1)CCC=C(C)C. The molecule has 0 aliphatic rings. The van der Waals surface area contributed by atoms with Crippen LogP contribution in [0.1, 0.15) is 33.6 Å². The Kier molecular flexibility index (Phi) is 8.00. The van der Waals surface area contributed by atoms with E-state index < -0.39 is 10.8 Å². The molecule has 0 N–H and O–H groups in total. The summed E-state index contributed by atoms with van der Waals surface area (Å²) in [4.78, 5) is 1.89. The van der Waals surface area contributed by atoms with Crippen LogP contribution in [-0.4, -0.2) is 4.21 Å². The minimum absolute atomic E-state index is 0.757. The quantitative estimate of drug-likeness (QED) is 0.306. The average molecular weight is 369 g/mol. The van der Waals surface area contributed by atoms with Gasteiger partial charge in [-0.15, -0.1) is 0 Å². The molecule has 2 rings (SSSR count). The average Bonchev–Trinajstić information content (AvgIpc) is 2.62. The molecule has 1 nitrogen and oxygen atoms in total. The first kappa shape index (κ1) is 19.5. The first-order chi connectivity index (χ1) is 12.1. The molecule has 0 aromatic heterocycles. The molecule has 0 amide bonds. The summed E-state index contributed by atoms with van der Waals surface area (Å²) in [6.45, 7) is 6.28. The van der Waals surface area contributed by atoms with E-state index >= 15 is 0 Å². The minimum Gasteiger partial charge on any atom is -0.248 e. The van der Waals surface area contributed by atoms with Gasteiger partial charge in [-0.05, 0) is 63.5 Å². The van der Waals surface area contributed by atoms with E-state index in [1.54, 1.807) is 0 Å². The van der Waals surface area contributed by atoms with Crippen LogP contribution in [-0.2, 0) is 10.8 Å². The highest BCUT2D eigenvalue weighted by Gasteiger charge is 2.12. The Morgan fingerprint density at radius 2 is 1.60 bits per heavy atom. The maximum atomic E-state index is 13.0. The molecule has 2 aromatic rings. The van der Waals surface area contributed by atoms with E-state index in [2.05, 4.69) is 32.6 Å². The van der Waals surface area contributed by atoms with Gasteiger partial charge in [0.05, 0.1) is 10.8 Å². The third kappa shape index (κ3) is 6.91. The zero-order valence-electron chi connectivity index (χ0n) is 15.0. The third-order valence-electron chi connectivity index (χ3n) is 3.47. The zero-order valence-corrected chi connectivity index (χ0v) is 16.6. The molecule has 25 heavy (non-hydrogen) atoms. The van der Waals surface area contributed by atoms with E-state index in [9.17, 15) is 4.21 Å². The summed E-state index contributed by atoms with van der Waals surface area (Å²) in [5.41, 5.74) is 5.85. The van der Waals surface area contributed by atoms with Gasteiger partial charge in [0.25, 0.3) is 0 Å². The molecular weight excluding hydrogens is 344 g/mol. The highest BCUT2D eigenvalue weighted by atomic mass is 32.2. The van der Waals surface area contributed by atoms with Crippen LogP contribution >= 0.6 is 11.8 Å². The molecule has 3 heteroatoms. The lowest BCUT2D eigenvalue weighted by atomic mass is 10.1. The van der Waals surface area contributed by atoms with Gasteiger partial charge in [-0.3, -0.25) is 0 Å². The molecule has 1 atom stereocenters. The van der Waals surface area contributed by atoms with Crippen molar-refractivity contribution in [3.63, 3.8) is 0 Å². The van der Waals surface area contributed by atoms with Gasteiger partial charge in [0.2, 0.25) is 0 Å². The van der Waals surface area contributed by atoms with Crippen LogP contribution in [0.25, 0.3) is 0 Å². The van der Waals surface area contributed by atoms with Crippen molar-refractivity contribution in [1.82, 2.24) is 0 Å². The van der Waals surface area contributed by atoms with Crippen molar-refractivity contribution >= 4 is 22.6 Å². The lowest BCUT2D eigenvalue weighted by Crippen LogP contribution is -1.92. The van der Waals surface area contributed by atoms with Crippen molar-refractivity contribution in [3.8, 4) is 0 Å². The van der Waals surface area contributed by atoms with Crippen molar-refractivity contribution in [2.45, 2.75) is 43.4 Å². The molecule has 0 fully saturated rings. The van der Waals surface area contributed by atoms with Crippen LogP contribution < -0.4 is 0 Å². The number of rotatable bonds is 7. The molecule has 130 valence electrons. The first-order valence-electron chi connectivity index (χ1n) is 8.36. The molecule has 0 spiro atoms. The molecule has 1 unspecified atom stereocenters. The highest BCUT2D eigenvalue weighted by Crippen LogP contribution is 2.31. The summed E-state index contributed by atoms with van der Waals surface area (Å²) in [5, 5.41) is 0. The Bertz CT molecular complexity index is 794. The molecule has 2 aromatic carbocycles. The second-order valence-electron chi connectivity index (χ2n) is 6.01. The zero-order chi connectivity index (χ0) is 18.1. The minimum atomic E-state index is -1.22. The van der Waals surface area contributed by atoms with Crippen molar-refractivity contribution in [1.29, 1.82) is 0 Å². The summed E-state index contributed by atoms with van der Waals surface area (Å²) in [7, 11) is -1.22. The van der Waals surface area contributed by atoms with Gasteiger partial charge in [-0.25, -0.2) is 4.21 Å². The van der Waals surface area contributed by atoms with E-state index in [0.717, 1.165) is 32.4 Å². The Hall–Kier alpha value is -1.80. The maximum Gasteiger partial charge on any atom is 0.123 e. The van der Waals surface area contributed by atoms with Crippen molar-refractivity contribution in [2.24, 2.45) is 0 Å². The van der Waals surface area contributed by atoms with Gasteiger partial charge in [0.1, 0.15) is 4.24 Å². The standard InChI is InChI=1S/C22H24OS2/c1-18(2)11-10-12-19(3)17-22(24-20-13-6-4-7-14-20)25(23)21-15-8-5-9-16-21/h4-9,11,13-16H,10,12H2,1-3H3. The first-order valence-corrected chi connectivity index (χ1v) is 10.3. The van der Waals surface area contributed by atoms with Crippen molar-refractivity contribution < 1.29 is 4.21 Å². The van der Waals surface area contributed by atoms with Gasteiger partial charge in [-0.1, -0.05) is 65.5 Å². The lowest BCUT2D eigenvalue weighted by molar-refractivity contribution is 0.688. The Balaban J connectivity index is 2.32. The van der Waals surface area contributed by atoms with Crippen LogP contribution in [0.4, 0.5) is 0 Å². The van der Waals surface area contributed by atoms with Crippen LogP contribution in [0.15, 0.2) is 97.6 Å². The van der Waals surface area contributed by atoms with E-state index in [4.69, 9.17) is 0 Å². The Morgan fingerprint density at radius 3 is 2.20 bits per heavy atom. The fourth-order valence-corrected chi connectivity index (χ4v) is 4.67. The fraction of sp³-hybridized carbons (Fsp3) is 0.227. The van der Waals surface area contributed by atoms with Gasteiger partial charge in [-0.2, -0.15) is 0 Å². The predicted octanol–water partition coefficient (Wildman–Crippen LogP) is 6.72. The monoisotopic (exact) mass is 368 g/mol. The van der Waals surface area contributed by atoms with Crippen LogP contribution in [0.3, 0.4) is 0 Å². The summed E-state index contributed by atoms with van der Waals surface area (Å²) < 4.78 is 13.8. The van der Waals surface area contributed by atoms with Crippen molar-refractivity contribution in [2.75, 3.05) is 0 Å². The Morgan fingerprint density at radius 1 is 1.00 bits per heavy atom. The number of allylic oxidation sites excluding steroid dienone is 3. The van der Waals surface area contributed by atoms with Gasteiger partial charge < -0.3 is 0 Å². The van der Waals surface area contributed by atoms with Crippen molar-refractivity contribution in [3.05, 3.63) is 87.9 Å². The molecule has 0 radical (unpaired) electrons. The van der Waals surface area contributed by atoms with Gasteiger partial charge >= 0.3 is 0 Å². The van der Waals surface area contributed by atoms with Gasteiger partial charge in [0.15, 0.2) is 0 Å². The topological polar surface area (TPSA) is 17.1 Å². The number of hydrogen-bond acceptors (Lipinski definition) is 2. The number of thioether (sulfide) groups is 1. The fourth-order valence-electron chi connectivity index (χ4n) is 2.17. The largest absolute Gasteiger partial charge is 0.248 e. The second-order valence-corrected chi connectivity index (χ2v) is 8.77. The van der Waals surface area contributed by atoms with E-state index in [1.165, 1.54) is 17.3 Å². The molecule has 0 aliphatic carbocycles. The smallest absolute Gasteiger partial charge is 0.123 e. The molecule has 0 aliphatic heterocycles. The molecule has 0 bridgehead atoms. The summed E-state index contributed by atoms with van der Waals surface area (Å²) in [5.74, 6) is 0. The summed E-state index contributed by atoms with van der Waals surface area (Å²) in [6.07, 6.45) is 4.14. The van der Waals surface area contributed by atoms with Gasteiger partial charge in [0, 0.05) is 9.79 Å². The second kappa shape index (κ2) is 10.2.